The molecule has 1 aliphatic rings. The Morgan fingerprint density at radius 1 is 0.933 bits per heavy atom. The van der Waals surface area contributed by atoms with Gasteiger partial charge in [0.05, 0.1) is 0 Å². The summed E-state index contributed by atoms with van der Waals surface area (Å²) in [6.45, 7) is 9.56. The van der Waals surface area contributed by atoms with E-state index in [2.05, 4.69) is 67.1 Å². The van der Waals surface area contributed by atoms with Crippen LogP contribution in [0.25, 0.3) is 0 Å². The molecule has 0 unspecified atom stereocenters. The molecular weight excluding hydrogens is 394 g/mol. The molecule has 0 aromatic heterocycles. The molecule has 1 saturated heterocycles. The van der Waals surface area contributed by atoms with Crippen LogP contribution in [0.1, 0.15) is 56.5 Å². The van der Waals surface area contributed by atoms with E-state index in [1.54, 1.807) is 0 Å². The number of hydrogen-bond acceptors (Lipinski definition) is 3. The third-order valence-corrected chi connectivity index (χ3v) is 5.70. The lowest BCUT2D eigenvalue weighted by Gasteiger charge is -2.49. The van der Waals surface area contributed by atoms with Gasteiger partial charge in [-0.3, -0.25) is 4.79 Å². The molecule has 1 aliphatic heterocycles. The third kappa shape index (κ3) is 5.99. The van der Waals surface area contributed by atoms with Crippen LogP contribution >= 0.6 is 12.4 Å². The molecule has 2 aromatic carbocycles. The van der Waals surface area contributed by atoms with E-state index in [4.69, 9.17) is 0 Å². The second-order valence-electron chi connectivity index (χ2n) is 9.81. The fraction of sp³-hybridized carbons (Fsp3) is 0.480. The van der Waals surface area contributed by atoms with Crippen molar-refractivity contribution in [2.75, 3.05) is 19.0 Å². The van der Waals surface area contributed by atoms with Crippen LogP contribution in [0, 0.1) is 0 Å². The Morgan fingerprint density at radius 3 is 1.97 bits per heavy atom. The highest BCUT2D eigenvalue weighted by Gasteiger charge is 2.41. The fourth-order valence-electron chi connectivity index (χ4n) is 4.70. The number of halogens is 1. The van der Waals surface area contributed by atoms with E-state index >= 15 is 0 Å². The van der Waals surface area contributed by atoms with E-state index in [1.165, 1.54) is 5.69 Å². The number of nitrogens with zero attached hydrogens (tertiary/aromatic N) is 2. The molecule has 5 heteroatoms. The highest BCUT2D eigenvalue weighted by molar-refractivity contribution is 5.94. The largest absolute Gasteiger partial charge is 0.378 e. The van der Waals surface area contributed by atoms with Crippen LogP contribution in [0.2, 0.25) is 0 Å². The molecule has 164 valence electrons. The van der Waals surface area contributed by atoms with Gasteiger partial charge in [-0.2, -0.15) is 0 Å². The summed E-state index contributed by atoms with van der Waals surface area (Å²) in [7, 11) is 4.08. The van der Waals surface area contributed by atoms with Gasteiger partial charge in [0.1, 0.15) is 0 Å². The van der Waals surface area contributed by atoms with E-state index in [1.807, 2.05) is 44.4 Å². The summed E-state index contributed by atoms with van der Waals surface area (Å²) in [5, 5.41) is 3.74. The van der Waals surface area contributed by atoms with Crippen LogP contribution in [0.3, 0.4) is 0 Å². The molecule has 3 rings (SSSR count). The van der Waals surface area contributed by atoms with Gasteiger partial charge in [0.25, 0.3) is 5.91 Å². The molecule has 0 saturated carbocycles. The Morgan fingerprint density at radius 2 is 1.47 bits per heavy atom. The monoisotopic (exact) mass is 429 g/mol. The van der Waals surface area contributed by atoms with Gasteiger partial charge < -0.3 is 15.1 Å². The number of carbonyl (C=O) groups is 1. The van der Waals surface area contributed by atoms with Gasteiger partial charge in [-0.25, -0.2) is 0 Å². The first-order chi connectivity index (χ1) is 13.6. The number of hydrogen-bond donors (Lipinski definition) is 1. The average molecular weight is 430 g/mol. The van der Waals surface area contributed by atoms with Crippen molar-refractivity contribution in [3.8, 4) is 0 Å². The highest BCUT2D eigenvalue weighted by atomic mass is 35.5. The van der Waals surface area contributed by atoms with E-state index in [0.29, 0.717) is 6.54 Å². The van der Waals surface area contributed by atoms with E-state index < -0.39 is 0 Å². The zero-order chi connectivity index (χ0) is 21.2. The molecule has 30 heavy (non-hydrogen) atoms. The number of amides is 1. The normalized spacial score (nSPS) is 17.7. The van der Waals surface area contributed by atoms with Crippen molar-refractivity contribution in [1.82, 2.24) is 10.2 Å². The number of rotatable bonds is 5. The summed E-state index contributed by atoms with van der Waals surface area (Å²) in [6, 6.07) is 18.4. The summed E-state index contributed by atoms with van der Waals surface area (Å²) >= 11 is 0. The average Bonchev–Trinajstić information content (AvgIpc) is 2.64. The predicted octanol–water partition coefficient (Wildman–Crippen LogP) is 5.13. The van der Waals surface area contributed by atoms with Gasteiger partial charge >= 0.3 is 0 Å². The molecule has 4 nitrogen and oxygen atoms in total. The molecule has 0 aliphatic carbocycles. The first-order valence-corrected chi connectivity index (χ1v) is 10.5. The first kappa shape index (κ1) is 24.2. The number of benzene rings is 2. The lowest BCUT2D eigenvalue weighted by Crippen LogP contribution is -2.62. The Hall–Kier alpha value is -2.04. The standard InChI is InChI=1S/C25H35N3O.ClH/c1-24(2)16-22(17-25(3,4)26-24)28(23(29)20-10-8-7-9-11-20)18-19-12-14-21(15-13-19)27(5)6;/h7-15,22,26H,16-18H2,1-6H3;1H. The molecule has 0 bridgehead atoms. The van der Waals surface area contributed by atoms with Gasteiger partial charge in [0.2, 0.25) is 0 Å². The van der Waals surface area contributed by atoms with Crippen LogP contribution in [0.15, 0.2) is 54.6 Å². The van der Waals surface area contributed by atoms with Crippen molar-refractivity contribution in [2.24, 2.45) is 0 Å². The van der Waals surface area contributed by atoms with Crippen LogP contribution in [-0.4, -0.2) is 42.0 Å². The summed E-state index contributed by atoms with van der Waals surface area (Å²) in [4.78, 5) is 17.7. The summed E-state index contributed by atoms with van der Waals surface area (Å²) < 4.78 is 0. The maximum atomic E-state index is 13.5. The number of piperidine rings is 1. The zero-order valence-electron chi connectivity index (χ0n) is 19.1. The fourth-order valence-corrected chi connectivity index (χ4v) is 4.70. The maximum Gasteiger partial charge on any atom is 0.254 e. The Balaban J connectivity index is 0.00000320. The van der Waals surface area contributed by atoms with Crippen LogP contribution < -0.4 is 10.2 Å². The summed E-state index contributed by atoms with van der Waals surface area (Å²) in [5.41, 5.74) is 3.05. The zero-order valence-corrected chi connectivity index (χ0v) is 19.9. The number of carbonyl (C=O) groups excluding carboxylic acids is 1. The van der Waals surface area contributed by atoms with Gasteiger partial charge in [0.15, 0.2) is 0 Å². The quantitative estimate of drug-likeness (QED) is 0.715. The second kappa shape index (κ2) is 9.40. The smallest absolute Gasteiger partial charge is 0.254 e. The molecule has 0 atom stereocenters. The lowest BCUT2D eigenvalue weighted by molar-refractivity contribution is 0.0419. The molecule has 0 radical (unpaired) electrons. The molecule has 1 heterocycles. The minimum Gasteiger partial charge on any atom is -0.378 e. The van der Waals surface area contributed by atoms with E-state index in [0.717, 1.165) is 24.0 Å². The van der Waals surface area contributed by atoms with Gasteiger partial charge in [-0.1, -0.05) is 30.3 Å². The first-order valence-electron chi connectivity index (χ1n) is 10.5. The molecule has 1 amide bonds. The van der Waals surface area contributed by atoms with Crippen molar-refractivity contribution in [3.63, 3.8) is 0 Å². The summed E-state index contributed by atoms with van der Waals surface area (Å²) in [6.07, 6.45) is 1.87. The molecular formula is C25H36ClN3O. The van der Waals surface area contributed by atoms with Crippen molar-refractivity contribution in [1.29, 1.82) is 0 Å². The van der Waals surface area contributed by atoms with Gasteiger partial charge in [0, 0.05) is 49.0 Å². The third-order valence-electron chi connectivity index (χ3n) is 5.70. The van der Waals surface area contributed by atoms with Crippen LogP contribution in [-0.2, 0) is 6.54 Å². The SMILES string of the molecule is CN(C)c1ccc(CN(C(=O)c2ccccc2)C2CC(C)(C)NC(C)(C)C2)cc1.Cl. The minimum absolute atomic E-state index is 0. The van der Waals surface area contributed by atoms with Crippen LogP contribution in [0.4, 0.5) is 5.69 Å². The van der Waals surface area contributed by atoms with Crippen LogP contribution in [0.5, 0.6) is 0 Å². The Labute approximate surface area is 188 Å². The second-order valence-corrected chi connectivity index (χ2v) is 9.81. The van der Waals surface area contributed by atoms with Crippen molar-refractivity contribution >= 4 is 24.0 Å². The van der Waals surface area contributed by atoms with Gasteiger partial charge in [-0.05, 0) is 70.4 Å². The Kier molecular flexibility index (Phi) is 7.59. The van der Waals surface area contributed by atoms with Gasteiger partial charge in [-0.15, -0.1) is 12.4 Å². The lowest BCUT2D eigenvalue weighted by atomic mass is 9.78. The Bertz CT molecular complexity index is 815. The van der Waals surface area contributed by atoms with Crippen molar-refractivity contribution in [3.05, 3.63) is 65.7 Å². The predicted molar refractivity (Wildman–Crippen MR) is 129 cm³/mol. The number of nitrogens with one attached hydrogen (secondary N) is 1. The highest BCUT2D eigenvalue weighted by Crippen LogP contribution is 2.33. The number of anilines is 1. The van der Waals surface area contributed by atoms with Crippen molar-refractivity contribution in [2.45, 2.75) is 64.2 Å². The van der Waals surface area contributed by atoms with E-state index in [9.17, 15) is 4.79 Å². The minimum atomic E-state index is -0.0174. The molecule has 2 aromatic rings. The maximum absolute atomic E-state index is 13.5. The topological polar surface area (TPSA) is 35.6 Å². The molecule has 1 fully saturated rings. The summed E-state index contributed by atoms with van der Waals surface area (Å²) in [5.74, 6) is 0.112. The molecule has 0 spiro atoms. The molecule has 1 N–H and O–H groups in total. The van der Waals surface area contributed by atoms with Crippen molar-refractivity contribution < 1.29 is 4.79 Å². The van der Waals surface area contributed by atoms with E-state index in [-0.39, 0.29) is 35.4 Å².